The van der Waals surface area contributed by atoms with Crippen LogP contribution >= 0.6 is 11.3 Å². The molecule has 0 aliphatic carbocycles. The topological polar surface area (TPSA) is 58.9 Å². The van der Waals surface area contributed by atoms with Crippen LogP contribution in [0.5, 0.6) is 0 Å². The number of hydrogen-bond acceptors (Lipinski definition) is 6. The van der Waals surface area contributed by atoms with E-state index in [1.54, 1.807) is 11.3 Å². The molecule has 2 aromatic carbocycles. The summed E-state index contributed by atoms with van der Waals surface area (Å²) in [6.45, 7) is 1.69. The Bertz CT molecular complexity index is 1340. The Kier molecular flexibility index (Phi) is 4.39. The summed E-state index contributed by atoms with van der Waals surface area (Å²) >= 11 is 1.66. The van der Waals surface area contributed by atoms with E-state index in [9.17, 15) is 0 Å². The fraction of sp³-hybridized carbons (Fsp3) is 0.125. The first-order valence-corrected chi connectivity index (χ1v) is 11.2. The highest BCUT2D eigenvalue weighted by molar-refractivity contribution is 7.08. The minimum absolute atomic E-state index is 0.720. The predicted octanol–water partition coefficient (Wildman–Crippen LogP) is 5.18. The second kappa shape index (κ2) is 7.52. The first-order valence-electron chi connectivity index (χ1n) is 10.3. The van der Waals surface area contributed by atoms with Crippen molar-refractivity contribution in [3.63, 3.8) is 0 Å². The van der Waals surface area contributed by atoms with Crippen molar-refractivity contribution in [3.8, 4) is 5.69 Å². The number of nitrogens with zero attached hydrogens (tertiary/aromatic N) is 5. The van der Waals surface area contributed by atoms with Gasteiger partial charge in [-0.3, -0.25) is 4.57 Å². The molecule has 0 saturated carbocycles. The van der Waals surface area contributed by atoms with Crippen LogP contribution in [0.4, 0.5) is 17.5 Å². The number of hydrogen-bond donors (Lipinski definition) is 1. The van der Waals surface area contributed by atoms with Crippen molar-refractivity contribution >= 4 is 40.0 Å². The van der Waals surface area contributed by atoms with Crippen LogP contribution in [0, 0.1) is 0 Å². The molecule has 0 fully saturated rings. The summed E-state index contributed by atoms with van der Waals surface area (Å²) in [6, 6.07) is 20.8. The maximum absolute atomic E-state index is 4.97. The normalized spacial score (nSPS) is 13.4. The molecular weight excluding hydrogens is 404 g/mol. The molecule has 152 valence electrons. The van der Waals surface area contributed by atoms with Gasteiger partial charge in [0.2, 0.25) is 5.95 Å². The van der Waals surface area contributed by atoms with E-state index >= 15 is 0 Å². The number of rotatable bonds is 4. The molecule has 7 heteroatoms. The fourth-order valence-electron chi connectivity index (χ4n) is 4.03. The Labute approximate surface area is 183 Å². The zero-order valence-electron chi connectivity index (χ0n) is 16.8. The van der Waals surface area contributed by atoms with Gasteiger partial charge < -0.3 is 10.2 Å². The molecule has 0 atom stereocenters. The highest BCUT2D eigenvalue weighted by atomic mass is 32.1. The van der Waals surface area contributed by atoms with Gasteiger partial charge in [-0.05, 0) is 41.1 Å². The third-order valence-corrected chi connectivity index (χ3v) is 6.29. The van der Waals surface area contributed by atoms with Crippen molar-refractivity contribution < 1.29 is 0 Å². The standard InChI is InChI=1S/C24H20N6S/c1-2-8-19(9-3-1)26-22-21-23(30(16-25-21)20-11-13-31-15-20)28-24(27-22)29-12-10-17-6-4-5-7-18(17)14-29/h1-9,11,13,15-16H,10,12,14H2,(H,26,27,28). The molecule has 0 saturated heterocycles. The van der Waals surface area contributed by atoms with E-state index in [0.29, 0.717) is 0 Å². The van der Waals surface area contributed by atoms with Crippen LogP contribution in [-0.2, 0) is 13.0 Å². The highest BCUT2D eigenvalue weighted by Gasteiger charge is 2.22. The fourth-order valence-corrected chi connectivity index (χ4v) is 4.65. The zero-order valence-corrected chi connectivity index (χ0v) is 17.6. The molecule has 0 bridgehead atoms. The van der Waals surface area contributed by atoms with Crippen LogP contribution in [0.3, 0.4) is 0 Å². The Morgan fingerprint density at radius 2 is 1.74 bits per heavy atom. The minimum Gasteiger partial charge on any atom is -0.338 e. The number of para-hydroxylation sites is 1. The molecule has 3 aromatic heterocycles. The van der Waals surface area contributed by atoms with E-state index in [2.05, 4.69) is 56.3 Å². The first kappa shape index (κ1) is 18.1. The maximum atomic E-state index is 4.97. The van der Waals surface area contributed by atoms with Gasteiger partial charge >= 0.3 is 0 Å². The van der Waals surface area contributed by atoms with E-state index in [1.807, 2.05) is 41.2 Å². The van der Waals surface area contributed by atoms with Crippen LogP contribution in [-0.4, -0.2) is 26.1 Å². The Morgan fingerprint density at radius 3 is 2.58 bits per heavy atom. The maximum Gasteiger partial charge on any atom is 0.229 e. The smallest absolute Gasteiger partial charge is 0.229 e. The summed E-state index contributed by atoms with van der Waals surface area (Å²) in [6.07, 6.45) is 2.82. The van der Waals surface area contributed by atoms with Crippen molar-refractivity contribution in [2.75, 3.05) is 16.8 Å². The second-order valence-electron chi connectivity index (χ2n) is 7.57. The highest BCUT2D eigenvalue weighted by Crippen LogP contribution is 2.30. The van der Waals surface area contributed by atoms with Gasteiger partial charge in [-0.1, -0.05) is 42.5 Å². The molecule has 1 aliphatic heterocycles. The second-order valence-corrected chi connectivity index (χ2v) is 8.35. The van der Waals surface area contributed by atoms with Crippen LogP contribution < -0.4 is 10.2 Å². The van der Waals surface area contributed by atoms with E-state index in [1.165, 1.54) is 11.1 Å². The van der Waals surface area contributed by atoms with E-state index in [4.69, 9.17) is 9.97 Å². The third-order valence-electron chi connectivity index (χ3n) is 5.62. The number of nitrogens with one attached hydrogen (secondary N) is 1. The lowest BCUT2D eigenvalue weighted by Gasteiger charge is -2.29. The molecule has 0 spiro atoms. The lowest BCUT2D eigenvalue weighted by molar-refractivity contribution is 0.709. The van der Waals surface area contributed by atoms with Crippen LogP contribution in [0.25, 0.3) is 16.9 Å². The molecular formula is C24H20N6S. The average Bonchev–Trinajstić information content (AvgIpc) is 3.49. The Balaban J connectivity index is 1.47. The molecule has 0 radical (unpaired) electrons. The van der Waals surface area contributed by atoms with Crippen molar-refractivity contribution in [1.29, 1.82) is 0 Å². The van der Waals surface area contributed by atoms with Gasteiger partial charge in [0, 0.05) is 24.2 Å². The molecule has 6 nitrogen and oxygen atoms in total. The van der Waals surface area contributed by atoms with Crippen LogP contribution in [0.1, 0.15) is 11.1 Å². The predicted molar refractivity (Wildman–Crippen MR) is 125 cm³/mol. The summed E-state index contributed by atoms with van der Waals surface area (Å²) < 4.78 is 2.03. The summed E-state index contributed by atoms with van der Waals surface area (Å²) in [4.78, 5) is 16.8. The molecule has 1 aliphatic rings. The summed E-state index contributed by atoms with van der Waals surface area (Å²) in [5.74, 6) is 1.44. The summed E-state index contributed by atoms with van der Waals surface area (Å²) in [5.41, 5.74) is 6.35. The van der Waals surface area contributed by atoms with Gasteiger partial charge in [-0.2, -0.15) is 21.3 Å². The van der Waals surface area contributed by atoms with Crippen molar-refractivity contribution in [2.24, 2.45) is 0 Å². The minimum atomic E-state index is 0.720. The largest absolute Gasteiger partial charge is 0.338 e. The van der Waals surface area contributed by atoms with E-state index in [0.717, 1.165) is 53.8 Å². The number of fused-ring (bicyclic) bond motifs is 2. The molecule has 6 rings (SSSR count). The molecule has 4 heterocycles. The molecule has 5 aromatic rings. The van der Waals surface area contributed by atoms with Gasteiger partial charge in [0.15, 0.2) is 17.0 Å². The number of thiophene rings is 1. The van der Waals surface area contributed by atoms with Gasteiger partial charge in [0.05, 0.1) is 5.69 Å². The summed E-state index contributed by atoms with van der Waals surface area (Å²) in [5, 5.41) is 7.62. The molecule has 1 N–H and O–H groups in total. The van der Waals surface area contributed by atoms with Crippen molar-refractivity contribution in [2.45, 2.75) is 13.0 Å². The Hall–Kier alpha value is -3.71. The average molecular weight is 425 g/mol. The van der Waals surface area contributed by atoms with Gasteiger partial charge in [0.25, 0.3) is 0 Å². The van der Waals surface area contributed by atoms with E-state index < -0.39 is 0 Å². The van der Waals surface area contributed by atoms with Crippen molar-refractivity contribution in [1.82, 2.24) is 19.5 Å². The molecule has 31 heavy (non-hydrogen) atoms. The zero-order chi connectivity index (χ0) is 20.6. The summed E-state index contributed by atoms with van der Waals surface area (Å²) in [7, 11) is 0. The van der Waals surface area contributed by atoms with Crippen LogP contribution in [0.2, 0.25) is 0 Å². The van der Waals surface area contributed by atoms with Gasteiger partial charge in [-0.25, -0.2) is 4.98 Å². The van der Waals surface area contributed by atoms with Crippen LogP contribution in [0.15, 0.2) is 77.8 Å². The number of benzene rings is 2. The quantitative estimate of drug-likeness (QED) is 0.431. The monoisotopic (exact) mass is 424 g/mol. The molecule has 0 amide bonds. The van der Waals surface area contributed by atoms with Gasteiger partial charge in [-0.15, -0.1) is 0 Å². The third kappa shape index (κ3) is 3.33. The molecule has 0 unspecified atom stereocenters. The van der Waals surface area contributed by atoms with E-state index in [-0.39, 0.29) is 0 Å². The Morgan fingerprint density at radius 1 is 0.903 bits per heavy atom. The number of imidazole rings is 1. The first-order chi connectivity index (χ1) is 15.3. The SMILES string of the molecule is c1ccc(Nc2nc(N3CCc4ccccc4C3)nc3c2ncn3-c2ccsc2)cc1. The van der Waals surface area contributed by atoms with Gasteiger partial charge in [0.1, 0.15) is 6.33 Å². The lowest BCUT2D eigenvalue weighted by Crippen LogP contribution is -2.32. The van der Waals surface area contributed by atoms with Crippen molar-refractivity contribution in [3.05, 3.63) is 88.9 Å². The lowest BCUT2D eigenvalue weighted by atomic mass is 10.0. The number of aromatic nitrogens is 4. The number of anilines is 3.